The summed E-state index contributed by atoms with van der Waals surface area (Å²) in [5.74, 6) is -0.241. The Morgan fingerprint density at radius 2 is 0.818 bits per heavy atom. The Balaban J connectivity index is 0.000000168. The van der Waals surface area contributed by atoms with Crippen molar-refractivity contribution >= 4 is 60.0 Å². The molecule has 0 spiro atoms. The van der Waals surface area contributed by atoms with E-state index >= 15 is 0 Å². The lowest BCUT2D eigenvalue weighted by Crippen LogP contribution is -2.42. The van der Waals surface area contributed by atoms with Gasteiger partial charge in [-0.1, -0.05) is 62.3 Å². The van der Waals surface area contributed by atoms with Crippen LogP contribution < -0.4 is 21.3 Å². The van der Waals surface area contributed by atoms with E-state index in [1.807, 2.05) is 62.3 Å². The molecular formula is C51H84N4O19S3. The maximum absolute atomic E-state index is 11.9. The topological polar surface area (TPSA) is 310 Å². The van der Waals surface area contributed by atoms with Gasteiger partial charge in [0.2, 0.25) is 23.6 Å². The first-order valence-electron chi connectivity index (χ1n) is 27.5. The van der Waals surface area contributed by atoms with Crippen molar-refractivity contribution in [3.05, 3.63) is 0 Å². The number of rotatable bonds is 25. The molecule has 15 atom stereocenters. The lowest BCUT2D eigenvalue weighted by Gasteiger charge is -2.25. The van der Waals surface area contributed by atoms with E-state index in [2.05, 4.69) is 21.3 Å². The van der Waals surface area contributed by atoms with Crippen LogP contribution in [-0.2, 0) is 90.6 Å². The number of fused-ring (bicyclic) bond motifs is 3. The summed E-state index contributed by atoms with van der Waals surface area (Å²) < 4.78 is 115. The van der Waals surface area contributed by atoms with Crippen LogP contribution in [-0.4, -0.2) is 173 Å². The molecule has 9 rings (SSSR count). The fourth-order valence-electron chi connectivity index (χ4n) is 12.3. The second-order valence-electron chi connectivity index (χ2n) is 24.0. The summed E-state index contributed by atoms with van der Waals surface area (Å²) >= 11 is 0. The summed E-state index contributed by atoms with van der Waals surface area (Å²) in [6, 6.07) is 0. The lowest BCUT2D eigenvalue weighted by molar-refractivity contribution is -0.154. The van der Waals surface area contributed by atoms with Crippen LogP contribution in [0.2, 0.25) is 0 Å². The third kappa shape index (κ3) is 13.8. The van der Waals surface area contributed by atoms with Gasteiger partial charge in [-0.3, -0.25) is 31.7 Å². The van der Waals surface area contributed by atoms with E-state index in [1.54, 1.807) is 0 Å². The molecule has 6 aliphatic carbocycles. The predicted octanol–water partition coefficient (Wildman–Crippen LogP) is 1.86. The van der Waals surface area contributed by atoms with E-state index in [9.17, 15) is 49.2 Å². The van der Waals surface area contributed by atoms with Crippen molar-refractivity contribution in [2.45, 2.75) is 172 Å². The molecule has 26 heteroatoms. The van der Waals surface area contributed by atoms with Crippen molar-refractivity contribution in [2.75, 3.05) is 65.8 Å². The van der Waals surface area contributed by atoms with Crippen LogP contribution in [0, 0.1) is 51.8 Å². The third-order valence-electron chi connectivity index (χ3n) is 18.0. The number of carbonyl (C=O) groups excluding carboxylic acids is 5. The molecule has 77 heavy (non-hydrogen) atoms. The normalized spacial score (nSPS) is 34.4. The highest BCUT2D eigenvalue weighted by molar-refractivity contribution is 7.88. The molecule has 6 saturated carbocycles. The predicted molar refractivity (Wildman–Crippen MR) is 277 cm³/mol. The summed E-state index contributed by atoms with van der Waals surface area (Å²) in [5.41, 5.74) is -1.23. The van der Waals surface area contributed by atoms with Gasteiger partial charge in [0, 0.05) is 53.6 Å². The van der Waals surface area contributed by atoms with Gasteiger partial charge in [0.1, 0.15) is 38.1 Å². The first-order chi connectivity index (χ1) is 36.1. The second kappa shape index (κ2) is 24.6. The molecule has 440 valence electrons. The van der Waals surface area contributed by atoms with Crippen LogP contribution >= 0.6 is 0 Å². The number of esters is 1. The number of amides is 4. The maximum atomic E-state index is 11.9. The van der Waals surface area contributed by atoms with E-state index in [0.717, 1.165) is 38.5 Å². The molecule has 4 amide bonds. The van der Waals surface area contributed by atoms with E-state index in [0.29, 0.717) is 58.7 Å². The number of ether oxygens (including phenoxy) is 5. The third-order valence-corrected chi connectivity index (χ3v) is 23.3. The number of nitrogens with one attached hydrogen (secondary N) is 4. The second-order valence-corrected chi connectivity index (χ2v) is 29.4. The molecular weight excluding hydrogens is 1070 g/mol. The monoisotopic (exact) mass is 1150 g/mol. The van der Waals surface area contributed by atoms with Crippen molar-refractivity contribution in [1.82, 2.24) is 21.3 Å². The fraction of sp³-hybridized carbons (Fsp3) is 0.902. The Morgan fingerprint density at radius 3 is 1.23 bits per heavy atom. The molecule has 4 N–H and O–H groups in total. The molecule has 3 aliphatic heterocycles. The Morgan fingerprint density at radius 1 is 0.455 bits per heavy atom. The van der Waals surface area contributed by atoms with Crippen molar-refractivity contribution in [2.24, 2.45) is 51.8 Å². The zero-order chi connectivity index (χ0) is 56.5. The number of hydrogen-bond acceptors (Lipinski definition) is 19. The maximum Gasteiger partial charge on any atom is 0.332 e. The summed E-state index contributed by atoms with van der Waals surface area (Å²) in [6.07, 6.45) is 4.43. The molecule has 9 fully saturated rings. The Hall–Kier alpha value is -3.08. The van der Waals surface area contributed by atoms with E-state index in [4.69, 9.17) is 36.2 Å². The first-order valence-corrected chi connectivity index (χ1v) is 31.9. The minimum absolute atomic E-state index is 0.00944. The molecule has 9 aliphatic rings. The van der Waals surface area contributed by atoms with E-state index in [-0.39, 0.29) is 126 Å². The highest BCUT2D eigenvalue weighted by Crippen LogP contribution is 2.57. The summed E-state index contributed by atoms with van der Waals surface area (Å²) in [4.78, 5) is 59.5. The van der Waals surface area contributed by atoms with Crippen LogP contribution in [0.4, 0.5) is 0 Å². The minimum atomic E-state index is -3.48. The average molecular weight is 1150 g/mol. The van der Waals surface area contributed by atoms with Crippen molar-refractivity contribution in [3.63, 3.8) is 0 Å². The van der Waals surface area contributed by atoms with E-state index < -0.39 is 64.6 Å². The Bertz CT molecular complexity index is 2380. The van der Waals surface area contributed by atoms with Gasteiger partial charge >= 0.3 is 5.97 Å². The molecule has 3 heterocycles. The fourth-order valence-corrected chi connectivity index (χ4v) is 17.9. The van der Waals surface area contributed by atoms with E-state index in [1.165, 1.54) is 0 Å². The average Bonchev–Trinajstić information content (AvgIpc) is 4.28. The molecule has 3 saturated heterocycles. The molecule has 23 nitrogen and oxygen atoms in total. The summed E-state index contributed by atoms with van der Waals surface area (Å²) in [7, 11) is -10.3. The van der Waals surface area contributed by atoms with Crippen LogP contribution in [0.5, 0.6) is 0 Å². The van der Waals surface area contributed by atoms with Crippen molar-refractivity contribution in [1.29, 1.82) is 0 Å². The van der Waals surface area contributed by atoms with Crippen LogP contribution in [0.1, 0.15) is 120 Å². The van der Waals surface area contributed by atoms with Crippen LogP contribution in [0.25, 0.3) is 0 Å². The van der Waals surface area contributed by atoms with Crippen LogP contribution in [0.15, 0.2) is 0 Å². The SMILES string of the molecule is CCC(C)(C)C(=O)NCCNC(=O)COC1C2CC3C1OS(=O)(=O)C3C2.CCC(C)(C)C(=O)NCCOC(=O)COC1C2CC3C1OS(=O)(=O)C3C2.CCC(C)(C)C(=O)NCCOCCOC1C2CC3C1OS(=O)(=O)C3C2. The van der Waals surface area contributed by atoms with Gasteiger partial charge in [-0.15, -0.1) is 0 Å². The highest BCUT2D eigenvalue weighted by atomic mass is 32.2. The number of carbonyl (C=O) groups is 5. The molecule has 0 aromatic carbocycles. The van der Waals surface area contributed by atoms with Crippen molar-refractivity contribution in [3.8, 4) is 0 Å². The number of hydrogen-bond donors (Lipinski definition) is 4. The van der Waals surface area contributed by atoms with Gasteiger partial charge in [-0.2, -0.15) is 25.3 Å². The minimum Gasteiger partial charge on any atom is -0.462 e. The largest absolute Gasteiger partial charge is 0.462 e. The summed E-state index contributed by atoms with van der Waals surface area (Å²) in [6.45, 7) is 19.5. The van der Waals surface area contributed by atoms with Gasteiger partial charge in [-0.05, 0) is 75.5 Å². The Labute approximate surface area is 454 Å². The molecule has 0 radical (unpaired) electrons. The van der Waals surface area contributed by atoms with Crippen LogP contribution in [0.3, 0.4) is 0 Å². The standard InChI is InChI=1S/C17H28N2O6S.C17H27NO7S.C17H29NO6S/c1-4-17(2,3)16(21)19-6-5-18-13(20)9-24-14-10-7-11-12(8-10)26(22,23)25-15(11)14;1-4-17(2,3)16(20)18-5-6-23-13(19)9-24-14-10-7-11-12(8-10)26(21,22)25-15(11)14;1-4-17(2,3)16(19)18-5-6-22-7-8-23-14-11-9-12-13(10-11)25(20,21)24-15(12)14/h10-12,14-15H,4-9H2,1-3H3,(H,18,20)(H,19,21);10-12,14-15H,4-9H2,1-3H3,(H,18,20);11-15H,4-10H2,1-3H3,(H,18,19). The smallest absolute Gasteiger partial charge is 0.332 e. The summed E-state index contributed by atoms with van der Waals surface area (Å²) in [5, 5.41) is 10.00. The lowest BCUT2D eigenvalue weighted by atomic mass is 9.89. The highest BCUT2D eigenvalue weighted by Gasteiger charge is 2.66. The first kappa shape index (κ1) is 61.5. The quantitative estimate of drug-likeness (QED) is 0.0576. The van der Waals surface area contributed by atoms with Gasteiger partial charge < -0.3 is 45.0 Å². The zero-order valence-corrected chi connectivity index (χ0v) is 48.5. The molecule has 0 aromatic rings. The molecule has 15 unspecified atom stereocenters. The van der Waals surface area contributed by atoms with Gasteiger partial charge in [-0.25, -0.2) is 4.79 Å². The molecule has 0 aromatic heterocycles. The van der Waals surface area contributed by atoms with Gasteiger partial charge in [0.05, 0.1) is 60.4 Å². The zero-order valence-electron chi connectivity index (χ0n) is 46.1. The molecule has 6 bridgehead atoms. The Kier molecular flexibility index (Phi) is 19.6. The van der Waals surface area contributed by atoms with Gasteiger partial charge in [0.15, 0.2) is 0 Å². The van der Waals surface area contributed by atoms with Gasteiger partial charge in [0.25, 0.3) is 30.4 Å². The van der Waals surface area contributed by atoms with Crippen molar-refractivity contribution < 1.29 is 85.5 Å².